The largest absolute Gasteiger partial charge is 0.289 e. The Labute approximate surface area is 138 Å². The van der Waals surface area contributed by atoms with Crippen molar-refractivity contribution in [2.45, 2.75) is 27.7 Å². The summed E-state index contributed by atoms with van der Waals surface area (Å²) >= 11 is 0. The van der Waals surface area contributed by atoms with Crippen LogP contribution in [0.25, 0.3) is 5.57 Å². The Balaban J connectivity index is 2.13. The minimum Gasteiger partial charge on any atom is -0.289 e. The SMILES string of the molecule is CC1=C(C)C(C)C(c2ccccc2C(=O)c2ccccc2)=C1C. The van der Waals surface area contributed by atoms with Gasteiger partial charge in [0.1, 0.15) is 0 Å². The third-order valence-corrected chi connectivity index (χ3v) is 5.14. The fraction of sp³-hybridized carbons (Fsp3) is 0.227. The predicted octanol–water partition coefficient (Wildman–Crippen LogP) is 5.68. The maximum Gasteiger partial charge on any atom is 0.193 e. The van der Waals surface area contributed by atoms with Gasteiger partial charge in [-0.05, 0) is 43.1 Å². The van der Waals surface area contributed by atoms with Crippen molar-refractivity contribution in [2.75, 3.05) is 0 Å². The van der Waals surface area contributed by atoms with Gasteiger partial charge in [-0.2, -0.15) is 0 Å². The summed E-state index contributed by atoms with van der Waals surface area (Å²) in [7, 11) is 0. The molecule has 0 N–H and O–H groups in total. The molecule has 2 aromatic rings. The molecule has 0 fully saturated rings. The van der Waals surface area contributed by atoms with Crippen LogP contribution in [0.2, 0.25) is 0 Å². The van der Waals surface area contributed by atoms with Crippen molar-refractivity contribution in [2.24, 2.45) is 5.92 Å². The molecule has 0 aromatic heterocycles. The summed E-state index contributed by atoms with van der Waals surface area (Å²) in [6, 6.07) is 17.5. The lowest BCUT2D eigenvalue weighted by Crippen LogP contribution is -2.07. The molecule has 0 aliphatic heterocycles. The second-order valence-electron chi connectivity index (χ2n) is 6.31. The Bertz CT molecular complexity index is 822. The zero-order valence-corrected chi connectivity index (χ0v) is 14.2. The standard InChI is InChI=1S/C22H22O/c1-14-15(2)17(4)21(16(14)3)19-12-8-9-13-20(19)22(23)18-10-6-5-7-11-18/h5-13,16H,1-4H3. The smallest absolute Gasteiger partial charge is 0.193 e. The lowest BCUT2D eigenvalue weighted by Gasteiger charge is -2.16. The molecule has 0 bridgehead atoms. The molecule has 1 nitrogen and oxygen atoms in total. The van der Waals surface area contributed by atoms with Crippen molar-refractivity contribution >= 4 is 11.4 Å². The summed E-state index contributed by atoms with van der Waals surface area (Å²) in [6.07, 6.45) is 0. The average Bonchev–Trinajstić information content (AvgIpc) is 2.78. The maximum absolute atomic E-state index is 13.0. The third kappa shape index (κ3) is 2.57. The summed E-state index contributed by atoms with van der Waals surface area (Å²) in [5.74, 6) is 0.454. The molecule has 1 aliphatic carbocycles. The van der Waals surface area contributed by atoms with E-state index in [2.05, 4.69) is 33.8 Å². The Morgan fingerprint density at radius 1 is 0.826 bits per heavy atom. The number of carbonyl (C=O) groups excluding carboxylic acids is 1. The highest BCUT2D eigenvalue weighted by Gasteiger charge is 2.27. The van der Waals surface area contributed by atoms with Gasteiger partial charge in [-0.25, -0.2) is 0 Å². The number of rotatable bonds is 3. The first-order valence-electron chi connectivity index (χ1n) is 8.10. The Kier molecular flexibility index (Phi) is 4.04. The maximum atomic E-state index is 13.0. The van der Waals surface area contributed by atoms with Gasteiger partial charge in [-0.1, -0.05) is 67.1 Å². The zero-order chi connectivity index (χ0) is 16.6. The topological polar surface area (TPSA) is 17.1 Å². The van der Waals surface area contributed by atoms with E-state index in [0.29, 0.717) is 5.92 Å². The molecule has 1 atom stereocenters. The quantitative estimate of drug-likeness (QED) is 0.667. The van der Waals surface area contributed by atoms with E-state index >= 15 is 0 Å². The Morgan fingerprint density at radius 2 is 1.43 bits per heavy atom. The molecule has 1 heteroatoms. The van der Waals surface area contributed by atoms with Gasteiger partial charge in [0.05, 0.1) is 0 Å². The van der Waals surface area contributed by atoms with Crippen LogP contribution in [0.15, 0.2) is 71.3 Å². The lowest BCUT2D eigenvalue weighted by atomic mass is 9.86. The molecule has 1 unspecified atom stereocenters. The van der Waals surface area contributed by atoms with Crippen LogP contribution in [0.5, 0.6) is 0 Å². The molecule has 0 saturated heterocycles. The predicted molar refractivity (Wildman–Crippen MR) is 96.4 cm³/mol. The number of carbonyl (C=O) groups is 1. The van der Waals surface area contributed by atoms with Gasteiger partial charge in [0.2, 0.25) is 0 Å². The molecular weight excluding hydrogens is 280 g/mol. The van der Waals surface area contributed by atoms with Crippen molar-refractivity contribution in [1.82, 2.24) is 0 Å². The molecule has 23 heavy (non-hydrogen) atoms. The van der Waals surface area contributed by atoms with Gasteiger partial charge >= 0.3 is 0 Å². The van der Waals surface area contributed by atoms with E-state index < -0.39 is 0 Å². The van der Waals surface area contributed by atoms with Gasteiger partial charge in [-0.15, -0.1) is 0 Å². The molecule has 0 saturated carbocycles. The third-order valence-electron chi connectivity index (χ3n) is 5.14. The van der Waals surface area contributed by atoms with E-state index in [1.807, 2.05) is 48.5 Å². The first-order valence-corrected chi connectivity index (χ1v) is 8.10. The number of benzene rings is 2. The summed E-state index contributed by atoms with van der Waals surface area (Å²) in [4.78, 5) is 13.0. The summed E-state index contributed by atoms with van der Waals surface area (Å²) in [5, 5.41) is 0. The van der Waals surface area contributed by atoms with Crippen molar-refractivity contribution in [1.29, 1.82) is 0 Å². The van der Waals surface area contributed by atoms with Crippen molar-refractivity contribution in [3.05, 3.63) is 88.0 Å². The van der Waals surface area contributed by atoms with Crippen LogP contribution >= 0.6 is 0 Å². The fourth-order valence-electron chi connectivity index (χ4n) is 3.46. The van der Waals surface area contributed by atoms with E-state index in [-0.39, 0.29) is 5.78 Å². The first kappa shape index (κ1) is 15.5. The van der Waals surface area contributed by atoms with Crippen molar-refractivity contribution in [3.8, 4) is 0 Å². The van der Waals surface area contributed by atoms with Crippen molar-refractivity contribution in [3.63, 3.8) is 0 Å². The lowest BCUT2D eigenvalue weighted by molar-refractivity contribution is 0.103. The van der Waals surface area contributed by atoms with Crippen LogP contribution in [0.1, 0.15) is 49.2 Å². The van der Waals surface area contributed by atoms with Crippen LogP contribution in [0, 0.1) is 5.92 Å². The molecule has 0 heterocycles. The minimum absolute atomic E-state index is 0.0934. The van der Waals surface area contributed by atoms with Crippen LogP contribution in [0.3, 0.4) is 0 Å². The van der Waals surface area contributed by atoms with E-state index in [1.165, 1.54) is 22.3 Å². The van der Waals surface area contributed by atoms with Crippen LogP contribution in [-0.2, 0) is 0 Å². The average molecular weight is 302 g/mol. The van der Waals surface area contributed by atoms with Gasteiger partial charge < -0.3 is 0 Å². The fourth-order valence-corrected chi connectivity index (χ4v) is 3.46. The molecule has 2 aromatic carbocycles. The minimum atomic E-state index is 0.0934. The highest BCUT2D eigenvalue weighted by atomic mass is 16.1. The Hall–Kier alpha value is -2.41. The van der Waals surface area contributed by atoms with Crippen LogP contribution in [-0.4, -0.2) is 5.78 Å². The summed E-state index contributed by atoms with van der Waals surface area (Å²) < 4.78 is 0. The molecule has 0 spiro atoms. The second-order valence-corrected chi connectivity index (χ2v) is 6.31. The molecule has 0 radical (unpaired) electrons. The van der Waals surface area contributed by atoms with Crippen LogP contribution in [0.4, 0.5) is 0 Å². The molecule has 116 valence electrons. The highest BCUT2D eigenvalue weighted by Crippen LogP contribution is 2.43. The number of allylic oxidation sites excluding steroid dienone is 4. The van der Waals surface area contributed by atoms with E-state index in [9.17, 15) is 4.79 Å². The normalized spacial score (nSPS) is 17.8. The van der Waals surface area contributed by atoms with Crippen LogP contribution < -0.4 is 0 Å². The highest BCUT2D eigenvalue weighted by molar-refractivity contribution is 6.12. The number of ketones is 1. The van der Waals surface area contributed by atoms with Gasteiger partial charge in [0.25, 0.3) is 0 Å². The van der Waals surface area contributed by atoms with Gasteiger partial charge in [0, 0.05) is 17.0 Å². The second kappa shape index (κ2) is 6.00. The number of hydrogen-bond donors (Lipinski definition) is 0. The molecular formula is C22H22O. The van der Waals surface area contributed by atoms with E-state index in [4.69, 9.17) is 0 Å². The van der Waals surface area contributed by atoms with E-state index in [1.54, 1.807) is 0 Å². The number of hydrogen-bond acceptors (Lipinski definition) is 1. The van der Waals surface area contributed by atoms with E-state index in [0.717, 1.165) is 16.7 Å². The molecule has 1 aliphatic rings. The van der Waals surface area contributed by atoms with Gasteiger partial charge in [-0.3, -0.25) is 4.79 Å². The molecule has 0 amide bonds. The summed E-state index contributed by atoms with van der Waals surface area (Å²) in [5.41, 5.74) is 7.97. The summed E-state index contributed by atoms with van der Waals surface area (Å²) in [6.45, 7) is 8.77. The Morgan fingerprint density at radius 3 is 2.04 bits per heavy atom. The first-order chi connectivity index (χ1) is 11.0. The molecule has 3 rings (SSSR count). The van der Waals surface area contributed by atoms with Gasteiger partial charge in [0.15, 0.2) is 5.78 Å². The monoisotopic (exact) mass is 302 g/mol. The van der Waals surface area contributed by atoms with Crippen molar-refractivity contribution < 1.29 is 4.79 Å². The zero-order valence-electron chi connectivity index (χ0n) is 14.2.